The van der Waals surface area contributed by atoms with Crippen LogP contribution in [0.4, 0.5) is 0 Å². The Balaban J connectivity index is 1.58. The summed E-state index contributed by atoms with van der Waals surface area (Å²) in [5.41, 5.74) is 3.24. The van der Waals surface area contributed by atoms with Crippen LogP contribution in [0.2, 0.25) is 0 Å². The van der Waals surface area contributed by atoms with E-state index < -0.39 is 0 Å². The van der Waals surface area contributed by atoms with Crippen LogP contribution in [0.15, 0.2) is 47.5 Å². The highest BCUT2D eigenvalue weighted by molar-refractivity contribution is 5.79. The Bertz CT molecular complexity index is 996. The number of imidazole rings is 1. The van der Waals surface area contributed by atoms with Crippen molar-refractivity contribution in [3.8, 4) is 11.5 Å². The standard InChI is InChI=1S/C23H31N5O2/c1-5-24-23(26-16-18-11-12-19(29-3)15-22(18)30-4)25-13-8-14-28-17(2)27-20-9-6-7-10-21(20)28/h6-7,9-12,15H,5,8,13-14,16H2,1-4H3,(H2,24,25,26). The Labute approximate surface area is 178 Å². The minimum absolute atomic E-state index is 0.522. The minimum atomic E-state index is 0.522. The van der Waals surface area contributed by atoms with Crippen LogP contribution >= 0.6 is 0 Å². The first-order valence-electron chi connectivity index (χ1n) is 10.3. The van der Waals surface area contributed by atoms with Gasteiger partial charge in [-0.1, -0.05) is 12.1 Å². The number of benzene rings is 2. The number of aliphatic imine (C=N–C) groups is 1. The van der Waals surface area contributed by atoms with E-state index >= 15 is 0 Å². The smallest absolute Gasteiger partial charge is 0.191 e. The van der Waals surface area contributed by atoms with Gasteiger partial charge in [-0.05, 0) is 44.5 Å². The summed E-state index contributed by atoms with van der Waals surface area (Å²) in [6, 6.07) is 14.0. The molecule has 0 amide bonds. The van der Waals surface area contributed by atoms with Crippen molar-refractivity contribution in [3.05, 3.63) is 53.9 Å². The zero-order valence-electron chi connectivity index (χ0n) is 18.2. The summed E-state index contributed by atoms with van der Waals surface area (Å²) in [7, 11) is 3.31. The second kappa shape index (κ2) is 10.5. The van der Waals surface area contributed by atoms with Crippen LogP contribution in [0.1, 0.15) is 24.7 Å². The monoisotopic (exact) mass is 409 g/mol. The van der Waals surface area contributed by atoms with Crippen LogP contribution in [0.25, 0.3) is 11.0 Å². The van der Waals surface area contributed by atoms with Gasteiger partial charge in [0, 0.05) is 31.3 Å². The van der Waals surface area contributed by atoms with Gasteiger partial charge in [-0.2, -0.15) is 0 Å². The molecule has 2 N–H and O–H groups in total. The lowest BCUT2D eigenvalue weighted by molar-refractivity contribution is 0.391. The molecule has 0 saturated heterocycles. The number of rotatable bonds is 9. The number of fused-ring (bicyclic) bond motifs is 1. The molecular formula is C23H31N5O2. The molecule has 0 aliphatic heterocycles. The molecule has 0 aliphatic carbocycles. The van der Waals surface area contributed by atoms with Gasteiger partial charge in [0.2, 0.25) is 0 Å². The van der Waals surface area contributed by atoms with E-state index in [1.165, 1.54) is 5.52 Å². The number of guanidine groups is 1. The lowest BCUT2D eigenvalue weighted by Gasteiger charge is -2.13. The molecule has 0 bridgehead atoms. The van der Waals surface area contributed by atoms with Gasteiger partial charge in [-0.3, -0.25) is 0 Å². The molecule has 1 heterocycles. The predicted molar refractivity (Wildman–Crippen MR) is 121 cm³/mol. The Morgan fingerprint density at radius 1 is 1.10 bits per heavy atom. The lowest BCUT2D eigenvalue weighted by Crippen LogP contribution is -2.38. The highest BCUT2D eigenvalue weighted by Gasteiger charge is 2.07. The Hall–Kier alpha value is -3.22. The van der Waals surface area contributed by atoms with Gasteiger partial charge in [0.15, 0.2) is 5.96 Å². The molecule has 0 aliphatic rings. The highest BCUT2D eigenvalue weighted by Crippen LogP contribution is 2.25. The Morgan fingerprint density at radius 2 is 1.93 bits per heavy atom. The molecule has 7 nitrogen and oxygen atoms in total. The maximum absolute atomic E-state index is 5.47. The van der Waals surface area contributed by atoms with E-state index in [4.69, 9.17) is 14.5 Å². The number of aryl methyl sites for hydroxylation is 2. The number of nitrogens with one attached hydrogen (secondary N) is 2. The van der Waals surface area contributed by atoms with Gasteiger partial charge in [0.25, 0.3) is 0 Å². The SMILES string of the molecule is CCNC(=NCc1ccc(OC)cc1OC)NCCCn1c(C)nc2ccccc21. The van der Waals surface area contributed by atoms with Crippen LogP contribution in [-0.4, -0.2) is 42.8 Å². The minimum Gasteiger partial charge on any atom is -0.497 e. The third kappa shape index (κ3) is 5.23. The fourth-order valence-electron chi connectivity index (χ4n) is 3.41. The second-order valence-corrected chi connectivity index (χ2v) is 6.95. The Morgan fingerprint density at radius 3 is 2.70 bits per heavy atom. The maximum atomic E-state index is 5.47. The second-order valence-electron chi connectivity index (χ2n) is 6.95. The molecule has 3 rings (SSSR count). The van der Waals surface area contributed by atoms with Crippen molar-refractivity contribution >= 4 is 17.0 Å². The zero-order chi connectivity index (χ0) is 21.3. The summed E-state index contributed by atoms with van der Waals surface area (Å²) in [6.07, 6.45) is 0.970. The molecule has 1 aromatic heterocycles. The maximum Gasteiger partial charge on any atom is 0.191 e. The van der Waals surface area contributed by atoms with E-state index in [1.54, 1.807) is 14.2 Å². The molecule has 2 aromatic carbocycles. The topological polar surface area (TPSA) is 72.7 Å². The number of hydrogen-bond acceptors (Lipinski definition) is 4. The molecule has 0 spiro atoms. The third-order valence-corrected chi connectivity index (χ3v) is 4.94. The summed E-state index contributed by atoms with van der Waals surface area (Å²) < 4.78 is 13.0. The molecule has 0 fully saturated rings. The van der Waals surface area contributed by atoms with Gasteiger partial charge in [0.1, 0.15) is 17.3 Å². The summed E-state index contributed by atoms with van der Waals surface area (Å²) in [4.78, 5) is 9.34. The van der Waals surface area contributed by atoms with E-state index in [0.717, 1.165) is 60.4 Å². The molecular weight excluding hydrogens is 378 g/mol. The van der Waals surface area contributed by atoms with Crippen molar-refractivity contribution < 1.29 is 9.47 Å². The number of ether oxygens (including phenoxy) is 2. The molecule has 0 atom stereocenters. The van der Waals surface area contributed by atoms with Crippen molar-refractivity contribution in [2.24, 2.45) is 4.99 Å². The first kappa shape index (κ1) is 21.5. The van der Waals surface area contributed by atoms with Gasteiger partial charge in [-0.25, -0.2) is 9.98 Å². The van der Waals surface area contributed by atoms with Crippen molar-refractivity contribution in [1.29, 1.82) is 0 Å². The summed E-state index contributed by atoms with van der Waals surface area (Å²) in [6.45, 7) is 7.17. The first-order valence-corrected chi connectivity index (χ1v) is 10.3. The van der Waals surface area contributed by atoms with Gasteiger partial charge in [0.05, 0.1) is 31.8 Å². The molecule has 0 unspecified atom stereocenters. The van der Waals surface area contributed by atoms with Gasteiger partial charge < -0.3 is 24.7 Å². The van der Waals surface area contributed by atoms with E-state index in [2.05, 4.69) is 52.2 Å². The summed E-state index contributed by atoms with van der Waals surface area (Å²) in [5.74, 6) is 3.38. The lowest BCUT2D eigenvalue weighted by atomic mass is 10.2. The Kier molecular flexibility index (Phi) is 7.54. The van der Waals surface area contributed by atoms with Crippen LogP contribution in [0.3, 0.4) is 0 Å². The molecule has 30 heavy (non-hydrogen) atoms. The van der Waals surface area contributed by atoms with Gasteiger partial charge >= 0.3 is 0 Å². The predicted octanol–water partition coefficient (Wildman–Crippen LogP) is 3.51. The summed E-state index contributed by atoms with van der Waals surface area (Å²) >= 11 is 0. The first-order chi connectivity index (χ1) is 14.7. The number of nitrogens with zero attached hydrogens (tertiary/aromatic N) is 3. The number of hydrogen-bond donors (Lipinski definition) is 2. The molecule has 160 valence electrons. The quantitative estimate of drug-likeness (QED) is 0.321. The van der Waals surface area contributed by atoms with Crippen molar-refractivity contribution in [2.75, 3.05) is 27.3 Å². The van der Waals surface area contributed by atoms with Crippen molar-refractivity contribution in [3.63, 3.8) is 0 Å². The fourth-order valence-corrected chi connectivity index (χ4v) is 3.41. The average Bonchev–Trinajstić information content (AvgIpc) is 3.09. The van der Waals surface area contributed by atoms with E-state index in [0.29, 0.717) is 6.54 Å². The van der Waals surface area contributed by atoms with Crippen LogP contribution < -0.4 is 20.1 Å². The van der Waals surface area contributed by atoms with E-state index in [-0.39, 0.29) is 0 Å². The molecule has 3 aromatic rings. The van der Waals surface area contributed by atoms with Crippen LogP contribution in [0.5, 0.6) is 11.5 Å². The number of para-hydroxylation sites is 2. The van der Waals surface area contributed by atoms with E-state index in [9.17, 15) is 0 Å². The number of aromatic nitrogens is 2. The third-order valence-electron chi connectivity index (χ3n) is 4.94. The van der Waals surface area contributed by atoms with Gasteiger partial charge in [-0.15, -0.1) is 0 Å². The molecule has 0 saturated carbocycles. The van der Waals surface area contributed by atoms with E-state index in [1.807, 2.05) is 24.3 Å². The zero-order valence-corrected chi connectivity index (χ0v) is 18.2. The van der Waals surface area contributed by atoms with Crippen LogP contribution in [0, 0.1) is 6.92 Å². The normalized spacial score (nSPS) is 11.5. The number of methoxy groups -OCH3 is 2. The fraction of sp³-hybridized carbons (Fsp3) is 0.391. The largest absolute Gasteiger partial charge is 0.497 e. The molecule has 7 heteroatoms. The average molecular weight is 410 g/mol. The highest BCUT2D eigenvalue weighted by atomic mass is 16.5. The van der Waals surface area contributed by atoms with Crippen molar-refractivity contribution in [1.82, 2.24) is 20.2 Å². The molecule has 0 radical (unpaired) electrons. The van der Waals surface area contributed by atoms with Crippen molar-refractivity contribution in [2.45, 2.75) is 33.4 Å². The summed E-state index contributed by atoms with van der Waals surface area (Å²) in [5, 5.41) is 6.72. The van der Waals surface area contributed by atoms with Crippen LogP contribution in [-0.2, 0) is 13.1 Å².